The van der Waals surface area contributed by atoms with Gasteiger partial charge in [-0.3, -0.25) is 0 Å². The molecule has 1 heterocycles. The fourth-order valence-corrected chi connectivity index (χ4v) is 2.55. The van der Waals surface area contributed by atoms with Crippen LogP contribution in [0.1, 0.15) is 36.9 Å². The van der Waals surface area contributed by atoms with Gasteiger partial charge in [-0.25, -0.2) is 4.39 Å². The summed E-state index contributed by atoms with van der Waals surface area (Å²) in [5, 5.41) is 3.16. The van der Waals surface area contributed by atoms with Crippen molar-refractivity contribution in [3.63, 3.8) is 0 Å². The van der Waals surface area contributed by atoms with E-state index in [2.05, 4.69) is 17.3 Å². The van der Waals surface area contributed by atoms with Gasteiger partial charge in [0.05, 0.1) is 0 Å². The molecule has 2 rings (SSSR count). The highest BCUT2D eigenvalue weighted by atomic mass is 19.1. The highest BCUT2D eigenvalue weighted by molar-refractivity contribution is 5.40. The van der Waals surface area contributed by atoms with Crippen molar-refractivity contribution in [2.45, 2.75) is 38.8 Å². The molecule has 0 saturated carbocycles. The minimum Gasteiger partial charge on any atom is -0.490 e. The summed E-state index contributed by atoms with van der Waals surface area (Å²) < 4.78 is 20.0. The van der Waals surface area contributed by atoms with Gasteiger partial charge in [0.25, 0.3) is 0 Å². The van der Waals surface area contributed by atoms with Gasteiger partial charge in [0.2, 0.25) is 0 Å². The van der Waals surface area contributed by atoms with E-state index in [1.165, 1.54) is 0 Å². The van der Waals surface area contributed by atoms with E-state index in [1.807, 2.05) is 20.0 Å². The molecule has 0 aliphatic carbocycles. The van der Waals surface area contributed by atoms with Crippen molar-refractivity contribution in [3.05, 3.63) is 29.1 Å². The second kappa shape index (κ2) is 6.55. The van der Waals surface area contributed by atoms with E-state index in [0.717, 1.165) is 37.2 Å². The summed E-state index contributed by atoms with van der Waals surface area (Å²) in [6.45, 7) is 5.92. The summed E-state index contributed by atoms with van der Waals surface area (Å²) in [6, 6.07) is 3.50. The molecular formula is C16H25FN2O. The Labute approximate surface area is 121 Å². The molecule has 1 fully saturated rings. The Kier molecular flexibility index (Phi) is 5.00. The van der Waals surface area contributed by atoms with Gasteiger partial charge in [-0.2, -0.15) is 0 Å². The number of nitrogens with zero attached hydrogens (tertiary/aromatic N) is 1. The van der Waals surface area contributed by atoms with Crippen LogP contribution in [0.4, 0.5) is 4.39 Å². The number of piperidine rings is 1. The normalized spacial score (nSPS) is 19.1. The van der Waals surface area contributed by atoms with E-state index < -0.39 is 0 Å². The van der Waals surface area contributed by atoms with Gasteiger partial charge < -0.3 is 15.0 Å². The summed E-state index contributed by atoms with van der Waals surface area (Å²) >= 11 is 0. The first-order chi connectivity index (χ1) is 9.51. The van der Waals surface area contributed by atoms with Crippen molar-refractivity contribution >= 4 is 0 Å². The fraction of sp³-hybridized carbons (Fsp3) is 0.625. The van der Waals surface area contributed by atoms with Crippen LogP contribution in [0.3, 0.4) is 0 Å². The Morgan fingerprint density at radius 2 is 2.00 bits per heavy atom. The van der Waals surface area contributed by atoms with Crippen molar-refractivity contribution in [1.82, 2.24) is 10.2 Å². The molecule has 4 heteroatoms. The van der Waals surface area contributed by atoms with Crippen molar-refractivity contribution in [2.24, 2.45) is 0 Å². The summed E-state index contributed by atoms with van der Waals surface area (Å²) in [4.78, 5) is 2.31. The number of ether oxygens (including phenoxy) is 1. The van der Waals surface area contributed by atoms with E-state index in [4.69, 9.17) is 4.74 Å². The summed E-state index contributed by atoms with van der Waals surface area (Å²) in [7, 11) is 4.01. The Morgan fingerprint density at radius 1 is 1.35 bits per heavy atom. The van der Waals surface area contributed by atoms with Crippen LogP contribution in [0.15, 0.2) is 12.1 Å². The average molecular weight is 280 g/mol. The van der Waals surface area contributed by atoms with E-state index in [-0.39, 0.29) is 18.0 Å². The lowest BCUT2D eigenvalue weighted by Crippen LogP contribution is -2.36. The van der Waals surface area contributed by atoms with Gasteiger partial charge in [-0.05, 0) is 58.5 Å². The van der Waals surface area contributed by atoms with Gasteiger partial charge in [0, 0.05) is 24.7 Å². The third-order valence-electron chi connectivity index (χ3n) is 4.15. The predicted octanol–water partition coefficient (Wildman–Crippen LogP) is 2.89. The summed E-state index contributed by atoms with van der Waals surface area (Å²) in [5.41, 5.74) is 1.54. The number of hydrogen-bond acceptors (Lipinski definition) is 3. The Balaban J connectivity index is 2.19. The zero-order valence-corrected chi connectivity index (χ0v) is 12.9. The number of nitrogens with one attached hydrogen (secondary N) is 1. The summed E-state index contributed by atoms with van der Waals surface area (Å²) in [5.74, 6) is 0.651. The lowest BCUT2D eigenvalue weighted by molar-refractivity contribution is 0.112. The van der Waals surface area contributed by atoms with Crippen LogP contribution >= 0.6 is 0 Å². The second-order valence-electron chi connectivity index (χ2n) is 5.77. The predicted molar refractivity (Wildman–Crippen MR) is 79.8 cm³/mol. The molecular weight excluding hydrogens is 255 g/mol. The largest absolute Gasteiger partial charge is 0.490 e. The molecule has 1 atom stereocenters. The maximum absolute atomic E-state index is 13.8. The Morgan fingerprint density at radius 3 is 2.60 bits per heavy atom. The first-order valence-electron chi connectivity index (χ1n) is 7.33. The number of rotatable bonds is 4. The third kappa shape index (κ3) is 3.49. The van der Waals surface area contributed by atoms with Crippen LogP contribution in [-0.2, 0) is 0 Å². The molecule has 1 unspecified atom stereocenters. The van der Waals surface area contributed by atoms with E-state index in [1.54, 1.807) is 13.0 Å². The van der Waals surface area contributed by atoms with Crippen molar-refractivity contribution in [2.75, 3.05) is 27.2 Å². The molecule has 0 amide bonds. The molecule has 0 bridgehead atoms. The van der Waals surface area contributed by atoms with Gasteiger partial charge in [-0.1, -0.05) is 0 Å². The topological polar surface area (TPSA) is 24.5 Å². The number of halogens is 1. The Hall–Kier alpha value is -1.13. The number of likely N-dealkylation sites (tertiary alicyclic amines) is 1. The van der Waals surface area contributed by atoms with Crippen LogP contribution in [0, 0.1) is 12.7 Å². The SMILES string of the molecule is CNC(C)c1cc(F)c(C)cc1OC1CCN(C)CC1. The maximum atomic E-state index is 13.8. The average Bonchev–Trinajstić information content (AvgIpc) is 2.44. The molecule has 20 heavy (non-hydrogen) atoms. The number of aryl methyl sites for hydroxylation is 1. The molecule has 1 aliphatic heterocycles. The van der Waals surface area contributed by atoms with Crippen LogP contribution in [-0.4, -0.2) is 38.2 Å². The summed E-state index contributed by atoms with van der Waals surface area (Å²) in [6.07, 6.45) is 2.29. The minimum absolute atomic E-state index is 0.0753. The zero-order valence-electron chi connectivity index (χ0n) is 12.9. The molecule has 1 aromatic carbocycles. The van der Waals surface area contributed by atoms with Crippen molar-refractivity contribution in [3.8, 4) is 5.75 Å². The van der Waals surface area contributed by atoms with Gasteiger partial charge in [0.15, 0.2) is 0 Å². The molecule has 0 radical (unpaired) electrons. The monoisotopic (exact) mass is 280 g/mol. The molecule has 3 nitrogen and oxygen atoms in total. The van der Waals surface area contributed by atoms with Gasteiger partial charge >= 0.3 is 0 Å². The second-order valence-corrected chi connectivity index (χ2v) is 5.77. The van der Waals surface area contributed by atoms with E-state index >= 15 is 0 Å². The lowest BCUT2D eigenvalue weighted by atomic mass is 10.0. The third-order valence-corrected chi connectivity index (χ3v) is 4.15. The fourth-order valence-electron chi connectivity index (χ4n) is 2.55. The highest BCUT2D eigenvalue weighted by Crippen LogP contribution is 2.30. The molecule has 1 aliphatic rings. The highest BCUT2D eigenvalue weighted by Gasteiger charge is 2.21. The minimum atomic E-state index is -0.169. The van der Waals surface area contributed by atoms with Crippen LogP contribution in [0.5, 0.6) is 5.75 Å². The van der Waals surface area contributed by atoms with Crippen LogP contribution in [0.25, 0.3) is 0 Å². The van der Waals surface area contributed by atoms with Gasteiger partial charge in [-0.15, -0.1) is 0 Å². The smallest absolute Gasteiger partial charge is 0.126 e. The molecule has 1 aromatic rings. The molecule has 1 N–H and O–H groups in total. The molecule has 0 aromatic heterocycles. The van der Waals surface area contributed by atoms with Crippen LogP contribution in [0.2, 0.25) is 0 Å². The first kappa shape index (κ1) is 15.3. The molecule has 1 saturated heterocycles. The first-order valence-corrected chi connectivity index (χ1v) is 7.33. The molecule has 112 valence electrons. The van der Waals surface area contributed by atoms with Crippen molar-refractivity contribution < 1.29 is 9.13 Å². The van der Waals surface area contributed by atoms with Gasteiger partial charge in [0.1, 0.15) is 17.7 Å². The zero-order chi connectivity index (χ0) is 14.7. The maximum Gasteiger partial charge on any atom is 0.126 e. The quantitative estimate of drug-likeness (QED) is 0.918. The standard InChI is InChI=1S/C16H25FN2O/c1-11-9-16(14(10-15(11)17)12(2)18-3)20-13-5-7-19(4)8-6-13/h9-10,12-13,18H,5-8H2,1-4H3. The number of hydrogen-bond donors (Lipinski definition) is 1. The van der Waals surface area contributed by atoms with E-state index in [0.29, 0.717) is 5.56 Å². The Bertz CT molecular complexity index is 456. The number of benzene rings is 1. The lowest BCUT2D eigenvalue weighted by Gasteiger charge is -2.30. The van der Waals surface area contributed by atoms with Crippen LogP contribution < -0.4 is 10.1 Å². The molecule has 0 spiro atoms. The van der Waals surface area contributed by atoms with Crippen molar-refractivity contribution in [1.29, 1.82) is 0 Å². The van der Waals surface area contributed by atoms with E-state index in [9.17, 15) is 4.39 Å².